The standard InChI is InChI=1S/C17H23N5O2/c1-20(2)17(23)14-9-21(11-16-18-12-19-22(16)10-14)8-13-6-4-5-7-15(13)24-3/h4-7,12,14H,8-11H2,1-3H3. The molecule has 2 heterocycles. The summed E-state index contributed by atoms with van der Waals surface area (Å²) in [6.45, 7) is 2.60. The van der Waals surface area contributed by atoms with Gasteiger partial charge < -0.3 is 9.64 Å². The topological polar surface area (TPSA) is 63.5 Å². The van der Waals surface area contributed by atoms with Crippen molar-refractivity contribution in [3.63, 3.8) is 0 Å². The second-order valence-corrected chi connectivity index (χ2v) is 6.27. The lowest BCUT2D eigenvalue weighted by atomic mass is 10.1. The van der Waals surface area contributed by atoms with Gasteiger partial charge in [0.15, 0.2) is 0 Å². The van der Waals surface area contributed by atoms with Gasteiger partial charge in [-0.05, 0) is 6.07 Å². The summed E-state index contributed by atoms with van der Waals surface area (Å²) in [5, 5.41) is 4.27. The summed E-state index contributed by atoms with van der Waals surface area (Å²) < 4.78 is 7.29. The molecule has 0 radical (unpaired) electrons. The van der Waals surface area contributed by atoms with E-state index in [0.29, 0.717) is 26.2 Å². The monoisotopic (exact) mass is 329 g/mol. The Morgan fingerprint density at radius 2 is 2.12 bits per heavy atom. The number of hydrogen-bond donors (Lipinski definition) is 0. The van der Waals surface area contributed by atoms with E-state index in [1.807, 2.05) is 22.9 Å². The quantitative estimate of drug-likeness (QED) is 0.838. The Labute approximate surface area is 141 Å². The number of amides is 1. The number of benzene rings is 1. The number of carbonyl (C=O) groups is 1. The molecule has 3 rings (SSSR count). The Kier molecular flexibility index (Phi) is 4.80. The molecule has 0 N–H and O–H groups in total. The molecule has 0 saturated heterocycles. The molecule has 1 aliphatic rings. The fourth-order valence-electron chi connectivity index (χ4n) is 3.12. The van der Waals surface area contributed by atoms with Crippen LogP contribution in [0.2, 0.25) is 0 Å². The van der Waals surface area contributed by atoms with Crippen LogP contribution < -0.4 is 4.74 Å². The second-order valence-electron chi connectivity index (χ2n) is 6.27. The highest BCUT2D eigenvalue weighted by Gasteiger charge is 2.29. The first-order chi connectivity index (χ1) is 11.6. The molecule has 1 unspecified atom stereocenters. The number of para-hydroxylation sites is 1. The van der Waals surface area contributed by atoms with E-state index >= 15 is 0 Å². The van der Waals surface area contributed by atoms with Crippen molar-refractivity contribution in [1.82, 2.24) is 24.6 Å². The van der Waals surface area contributed by atoms with Crippen LogP contribution in [0, 0.1) is 5.92 Å². The molecule has 24 heavy (non-hydrogen) atoms. The molecule has 7 nitrogen and oxygen atoms in total. The molecule has 1 amide bonds. The van der Waals surface area contributed by atoms with Gasteiger partial charge in [0.1, 0.15) is 17.9 Å². The zero-order chi connectivity index (χ0) is 17.1. The molecule has 1 aromatic carbocycles. The second kappa shape index (κ2) is 7.00. The third-order valence-corrected chi connectivity index (χ3v) is 4.31. The molecule has 1 aliphatic heterocycles. The summed E-state index contributed by atoms with van der Waals surface area (Å²) in [5.41, 5.74) is 1.10. The third-order valence-electron chi connectivity index (χ3n) is 4.31. The summed E-state index contributed by atoms with van der Waals surface area (Å²) in [7, 11) is 5.26. The Morgan fingerprint density at radius 1 is 1.33 bits per heavy atom. The summed E-state index contributed by atoms with van der Waals surface area (Å²) in [5.74, 6) is 1.72. The number of nitrogens with zero attached hydrogens (tertiary/aromatic N) is 5. The molecule has 0 saturated carbocycles. The number of rotatable bonds is 4. The molecule has 2 aromatic rings. The van der Waals surface area contributed by atoms with Crippen molar-refractivity contribution in [2.75, 3.05) is 27.7 Å². The van der Waals surface area contributed by atoms with Gasteiger partial charge in [0.2, 0.25) is 5.91 Å². The van der Waals surface area contributed by atoms with Crippen LogP contribution in [0.15, 0.2) is 30.6 Å². The Balaban J connectivity index is 1.85. The van der Waals surface area contributed by atoms with Crippen molar-refractivity contribution in [3.8, 4) is 5.75 Å². The van der Waals surface area contributed by atoms with Crippen molar-refractivity contribution < 1.29 is 9.53 Å². The molecule has 0 aliphatic carbocycles. The van der Waals surface area contributed by atoms with Gasteiger partial charge in [-0.1, -0.05) is 18.2 Å². The molecule has 1 aromatic heterocycles. The number of methoxy groups -OCH3 is 1. The maximum absolute atomic E-state index is 12.5. The first-order valence-corrected chi connectivity index (χ1v) is 8.00. The van der Waals surface area contributed by atoms with Crippen LogP contribution in [0.1, 0.15) is 11.4 Å². The maximum atomic E-state index is 12.5. The van der Waals surface area contributed by atoms with E-state index < -0.39 is 0 Å². The van der Waals surface area contributed by atoms with E-state index in [2.05, 4.69) is 21.0 Å². The van der Waals surface area contributed by atoms with Crippen molar-refractivity contribution in [3.05, 3.63) is 42.0 Å². The molecular formula is C17H23N5O2. The highest BCUT2D eigenvalue weighted by Crippen LogP contribution is 2.23. The van der Waals surface area contributed by atoms with Gasteiger partial charge in [-0.3, -0.25) is 9.69 Å². The Hall–Kier alpha value is -2.41. The lowest BCUT2D eigenvalue weighted by Gasteiger charge is -2.25. The molecule has 128 valence electrons. The smallest absolute Gasteiger partial charge is 0.228 e. The van der Waals surface area contributed by atoms with Gasteiger partial charge in [0, 0.05) is 32.7 Å². The summed E-state index contributed by atoms with van der Waals surface area (Å²) >= 11 is 0. The number of aromatic nitrogens is 3. The first-order valence-electron chi connectivity index (χ1n) is 8.00. The molecule has 0 spiro atoms. The predicted molar refractivity (Wildman–Crippen MR) is 89.3 cm³/mol. The van der Waals surface area contributed by atoms with Crippen LogP contribution in [0.25, 0.3) is 0 Å². The van der Waals surface area contributed by atoms with E-state index in [0.717, 1.165) is 17.1 Å². The Morgan fingerprint density at radius 3 is 2.88 bits per heavy atom. The summed E-state index contributed by atoms with van der Waals surface area (Å²) in [6, 6.07) is 7.97. The fraction of sp³-hybridized carbons (Fsp3) is 0.471. The Bertz CT molecular complexity index is 713. The number of hydrogen-bond acceptors (Lipinski definition) is 5. The predicted octanol–water partition coefficient (Wildman–Crippen LogP) is 1.01. The van der Waals surface area contributed by atoms with Gasteiger partial charge in [0.25, 0.3) is 0 Å². The minimum atomic E-state index is -0.141. The minimum absolute atomic E-state index is 0.114. The lowest BCUT2D eigenvalue weighted by Crippen LogP contribution is -2.38. The van der Waals surface area contributed by atoms with Crippen molar-refractivity contribution in [1.29, 1.82) is 0 Å². The summed E-state index contributed by atoms with van der Waals surface area (Å²) in [6.07, 6.45) is 1.55. The maximum Gasteiger partial charge on any atom is 0.228 e. The van der Waals surface area contributed by atoms with Gasteiger partial charge >= 0.3 is 0 Å². The highest BCUT2D eigenvalue weighted by atomic mass is 16.5. The zero-order valence-corrected chi connectivity index (χ0v) is 14.3. The normalized spacial score (nSPS) is 17.9. The van der Waals surface area contributed by atoms with Crippen LogP contribution in [0.4, 0.5) is 0 Å². The van der Waals surface area contributed by atoms with Crippen LogP contribution in [-0.2, 0) is 24.4 Å². The molecule has 7 heteroatoms. The van der Waals surface area contributed by atoms with Crippen molar-refractivity contribution in [2.45, 2.75) is 19.6 Å². The molecule has 0 bridgehead atoms. The van der Waals surface area contributed by atoms with E-state index in [-0.39, 0.29) is 11.8 Å². The van der Waals surface area contributed by atoms with Gasteiger partial charge in [0.05, 0.1) is 26.1 Å². The van der Waals surface area contributed by atoms with Crippen molar-refractivity contribution >= 4 is 5.91 Å². The largest absolute Gasteiger partial charge is 0.496 e. The van der Waals surface area contributed by atoms with Gasteiger partial charge in [-0.2, -0.15) is 5.10 Å². The third kappa shape index (κ3) is 3.41. The van der Waals surface area contributed by atoms with Gasteiger partial charge in [-0.25, -0.2) is 9.67 Å². The van der Waals surface area contributed by atoms with Crippen LogP contribution in [0.3, 0.4) is 0 Å². The van der Waals surface area contributed by atoms with Crippen LogP contribution in [-0.4, -0.2) is 58.2 Å². The summed E-state index contributed by atoms with van der Waals surface area (Å²) in [4.78, 5) is 20.7. The van der Waals surface area contributed by atoms with Crippen molar-refractivity contribution in [2.24, 2.45) is 5.92 Å². The number of ether oxygens (including phenoxy) is 1. The SMILES string of the molecule is COc1ccccc1CN1Cc2ncnn2CC(C(=O)N(C)C)C1. The fourth-order valence-corrected chi connectivity index (χ4v) is 3.12. The van der Waals surface area contributed by atoms with E-state index in [1.165, 1.54) is 0 Å². The molecule has 1 atom stereocenters. The first kappa shape index (κ1) is 16.4. The average Bonchev–Trinajstić information content (AvgIpc) is 2.93. The number of carbonyl (C=O) groups excluding carboxylic acids is 1. The van der Waals surface area contributed by atoms with Crippen LogP contribution >= 0.6 is 0 Å². The number of fused-ring (bicyclic) bond motifs is 1. The molecular weight excluding hydrogens is 306 g/mol. The van der Waals surface area contributed by atoms with Crippen LogP contribution in [0.5, 0.6) is 5.75 Å². The molecule has 0 fully saturated rings. The average molecular weight is 329 g/mol. The van der Waals surface area contributed by atoms with E-state index in [4.69, 9.17) is 4.74 Å². The highest BCUT2D eigenvalue weighted by molar-refractivity contribution is 5.78. The lowest BCUT2D eigenvalue weighted by molar-refractivity contribution is -0.134. The van der Waals surface area contributed by atoms with E-state index in [9.17, 15) is 4.79 Å². The van der Waals surface area contributed by atoms with E-state index in [1.54, 1.807) is 32.4 Å². The van der Waals surface area contributed by atoms with Gasteiger partial charge in [-0.15, -0.1) is 0 Å². The zero-order valence-electron chi connectivity index (χ0n) is 14.3. The minimum Gasteiger partial charge on any atom is -0.496 e.